The molecule has 0 aliphatic rings. The first-order valence-electron chi connectivity index (χ1n) is 6.96. The predicted octanol–water partition coefficient (Wildman–Crippen LogP) is 0.877. The molecule has 0 bridgehead atoms. The second-order valence-electron chi connectivity index (χ2n) is 4.71. The van der Waals surface area contributed by atoms with Gasteiger partial charge < -0.3 is 21.1 Å². The van der Waals surface area contributed by atoms with Gasteiger partial charge in [0.2, 0.25) is 0 Å². The van der Waals surface area contributed by atoms with Crippen molar-refractivity contribution >= 4 is 23.6 Å². The Bertz CT molecular complexity index is 607. The van der Waals surface area contributed by atoms with Gasteiger partial charge in [-0.25, -0.2) is 4.79 Å². The predicted molar refractivity (Wildman–Crippen MR) is 82.2 cm³/mol. The second-order valence-corrected chi connectivity index (χ2v) is 4.71. The van der Waals surface area contributed by atoms with E-state index < -0.39 is 24.0 Å². The quantitative estimate of drug-likeness (QED) is 0.506. The fraction of sp³-hybridized carbons (Fsp3) is 0.333. The zero-order valence-corrected chi connectivity index (χ0v) is 12.7. The summed E-state index contributed by atoms with van der Waals surface area (Å²) in [5, 5.41) is 13.6. The maximum Gasteiger partial charge on any atom is 0.312 e. The van der Waals surface area contributed by atoms with Crippen LogP contribution in [0.4, 0.5) is 10.5 Å². The molecule has 1 aromatic rings. The van der Waals surface area contributed by atoms with E-state index in [2.05, 4.69) is 10.6 Å². The molecule has 0 aliphatic heterocycles. The Labute approximate surface area is 133 Å². The van der Waals surface area contributed by atoms with Crippen molar-refractivity contribution in [2.24, 2.45) is 5.73 Å². The summed E-state index contributed by atoms with van der Waals surface area (Å²) in [5.74, 6) is -1.02. The number of anilines is 1. The number of esters is 1. The molecule has 1 atom stereocenters. The number of nitrogens with zero attached hydrogens (tertiary/aromatic N) is 1. The van der Waals surface area contributed by atoms with Gasteiger partial charge in [0.15, 0.2) is 6.10 Å². The molecule has 0 saturated carbocycles. The summed E-state index contributed by atoms with van der Waals surface area (Å²) in [4.78, 5) is 33.9. The Balaban J connectivity index is 2.36. The van der Waals surface area contributed by atoms with E-state index in [-0.39, 0.29) is 13.0 Å². The van der Waals surface area contributed by atoms with Crippen molar-refractivity contribution in [3.8, 4) is 6.07 Å². The number of hydrogen-bond donors (Lipinski definition) is 3. The van der Waals surface area contributed by atoms with Gasteiger partial charge in [0.25, 0.3) is 5.91 Å². The number of nitriles is 1. The van der Waals surface area contributed by atoms with Crippen molar-refractivity contribution in [3.05, 3.63) is 29.8 Å². The highest BCUT2D eigenvalue weighted by molar-refractivity contribution is 5.95. The normalized spacial score (nSPS) is 11.0. The molecule has 1 unspecified atom stereocenters. The van der Waals surface area contributed by atoms with Crippen molar-refractivity contribution in [1.82, 2.24) is 5.32 Å². The minimum absolute atomic E-state index is 0.0643. The van der Waals surface area contributed by atoms with E-state index in [0.717, 1.165) is 0 Å². The van der Waals surface area contributed by atoms with E-state index in [1.807, 2.05) is 6.07 Å². The molecule has 0 spiro atoms. The monoisotopic (exact) mass is 318 g/mol. The van der Waals surface area contributed by atoms with Gasteiger partial charge in [-0.3, -0.25) is 9.59 Å². The molecule has 3 amide bonds. The van der Waals surface area contributed by atoms with Gasteiger partial charge in [0.05, 0.1) is 11.6 Å². The van der Waals surface area contributed by atoms with Crippen LogP contribution in [0.5, 0.6) is 0 Å². The smallest absolute Gasteiger partial charge is 0.312 e. The van der Waals surface area contributed by atoms with E-state index in [4.69, 9.17) is 15.7 Å². The van der Waals surface area contributed by atoms with Crippen LogP contribution in [0, 0.1) is 11.3 Å². The fourth-order valence-corrected chi connectivity index (χ4v) is 1.63. The van der Waals surface area contributed by atoms with Gasteiger partial charge in [-0.05, 0) is 37.6 Å². The number of carbonyl (C=O) groups is 3. The van der Waals surface area contributed by atoms with Crippen molar-refractivity contribution in [2.45, 2.75) is 25.9 Å². The number of hydrogen-bond acceptors (Lipinski definition) is 5. The largest absolute Gasteiger partial charge is 0.453 e. The Hall–Kier alpha value is -3.08. The van der Waals surface area contributed by atoms with Gasteiger partial charge in [-0.1, -0.05) is 0 Å². The molecule has 122 valence electrons. The summed E-state index contributed by atoms with van der Waals surface area (Å²) >= 11 is 0. The average molecular weight is 318 g/mol. The number of primary amides is 1. The zero-order chi connectivity index (χ0) is 17.2. The Kier molecular flexibility index (Phi) is 7.07. The highest BCUT2D eigenvalue weighted by atomic mass is 16.5. The molecule has 0 aromatic heterocycles. The third kappa shape index (κ3) is 6.95. The van der Waals surface area contributed by atoms with Gasteiger partial charge >= 0.3 is 12.0 Å². The lowest BCUT2D eigenvalue weighted by Gasteiger charge is -2.13. The summed E-state index contributed by atoms with van der Waals surface area (Å²) < 4.78 is 4.99. The van der Waals surface area contributed by atoms with Crippen LogP contribution in [-0.4, -0.2) is 30.6 Å². The van der Waals surface area contributed by atoms with Crippen LogP contribution < -0.4 is 16.4 Å². The number of nitrogens with two attached hydrogens (primary N) is 1. The van der Waals surface area contributed by atoms with Crippen molar-refractivity contribution in [2.75, 3.05) is 11.9 Å². The average Bonchev–Trinajstić information content (AvgIpc) is 2.52. The lowest BCUT2D eigenvalue weighted by Crippen LogP contribution is -2.31. The first-order chi connectivity index (χ1) is 10.9. The topological polar surface area (TPSA) is 134 Å². The first kappa shape index (κ1) is 18.0. The maximum absolute atomic E-state index is 11.9. The molecule has 1 rings (SSSR count). The summed E-state index contributed by atoms with van der Waals surface area (Å²) in [7, 11) is 0. The van der Waals surface area contributed by atoms with E-state index in [1.165, 1.54) is 6.92 Å². The number of carbonyl (C=O) groups excluding carboxylic acids is 3. The standard InChI is InChI=1S/C15H18N4O4/c1-10(23-13(20)3-2-8-18-15(17)22)14(21)19-12-6-4-11(9-16)5-7-12/h4-7,10H,2-3,8H2,1H3,(H,19,21)(H3,17,18,22). The zero-order valence-electron chi connectivity index (χ0n) is 12.7. The molecule has 23 heavy (non-hydrogen) atoms. The molecule has 8 heteroatoms. The number of nitrogens with one attached hydrogen (secondary N) is 2. The second kappa shape index (κ2) is 9.04. The number of rotatable bonds is 7. The van der Waals surface area contributed by atoms with E-state index in [0.29, 0.717) is 17.7 Å². The number of urea groups is 1. The van der Waals surface area contributed by atoms with E-state index >= 15 is 0 Å². The molecule has 0 heterocycles. The van der Waals surface area contributed by atoms with E-state index in [1.54, 1.807) is 24.3 Å². The summed E-state index contributed by atoms with van der Waals surface area (Å²) in [6.45, 7) is 1.72. The van der Waals surface area contributed by atoms with Gasteiger partial charge in [-0.15, -0.1) is 0 Å². The Morgan fingerprint density at radius 3 is 2.52 bits per heavy atom. The van der Waals surface area contributed by atoms with Gasteiger partial charge in [0, 0.05) is 18.7 Å². The van der Waals surface area contributed by atoms with Crippen molar-refractivity contribution in [3.63, 3.8) is 0 Å². The van der Waals surface area contributed by atoms with Crippen LogP contribution in [0.3, 0.4) is 0 Å². The molecule has 8 nitrogen and oxygen atoms in total. The third-order valence-corrected chi connectivity index (χ3v) is 2.82. The first-order valence-corrected chi connectivity index (χ1v) is 6.96. The fourth-order valence-electron chi connectivity index (χ4n) is 1.63. The van der Waals surface area contributed by atoms with Crippen molar-refractivity contribution < 1.29 is 19.1 Å². The minimum atomic E-state index is -0.956. The molecular formula is C15H18N4O4. The molecule has 0 radical (unpaired) electrons. The van der Waals surface area contributed by atoms with Crippen LogP contribution in [0.2, 0.25) is 0 Å². The lowest BCUT2D eigenvalue weighted by molar-refractivity contribution is -0.153. The van der Waals surface area contributed by atoms with Gasteiger partial charge in [0.1, 0.15) is 0 Å². The molecule has 0 aliphatic carbocycles. The van der Waals surface area contributed by atoms with Crippen LogP contribution >= 0.6 is 0 Å². The van der Waals surface area contributed by atoms with Crippen LogP contribution in [0.1, 0.15) is 25.3 Å². The summed E-state index contributed by atoms with van der Waals surface area (Å²) in [5.41, 5.74) is 5.87. The molecule has 0 fully saturated rings. The van der Waals surface area contributed by atoms with Crippen LogP contribution in [0.25, 0.3) is 0 Å². The van der Waals surface area contributed by atoms with Crippen molar-refractivity contribution in [1.29, 1.82) is 5.26 Å². The molecule has 4 N–H and O–H groups in total. The lowest BCUT2D eigenvalue weighted by atomic mass is 10.2. The Morgan fingerprint density at radius 2 is 1.96 bits per heavy atom. The van der Waals surface area contributed by atoms with E-state index in [9.17, 15) is 14.4 Å². The molecule has 1 aromatic carbocycles. The van der Waals surface area contributed by atoms with Crippen LogP contribution in [-0.2, 0) is 14.3 Å². The number of benzene rings is 1. The SMILES string of the molecule is CC(OC(=O)CCCNC(N)=O)C(=O)Nc1ccc(C#N)cc1. The minimum Gasteiger partial charge on any atom is -0.453 e. The summed E-state index contributed by atoms with van der Waals surface area (Å²) in [6, 6.07) is 7.62. The molecular weight excluding hydrogens is 300 g/mol. The molecule has 0 saturated heterocycles. The summed E-state index contributed by atoms with van der Waals surface area (Å²) in [6.07, 6.45) is -0.525. The highest BCUT2D eigenvalue weighted by Gasteiger charge is 2.17. The third-order valence-electron chi connectivity index (χ3n) is 2.82. The maximum atomic E-state index is 11.9. The number of amides is 3. The Morgan fingerprint density at radius 1 is 1.30 bits per heavy atom. The highest BCUT2D eigenvalue weighted by Crippen LogP contribution is 2.10. The number of ether oxygens (including phenoxy) is 1. The van der Waals surface area contributed by atoms with Gasteiger partial charge in [-0.2, -0.15) is 5.26 Å². The van der Waals surface area contributed by atoms with Crippen LogP contribution in [0.15, 0.2) is 24.3 Å².